The van der Waals surface area contributed by atoms with Crippen LogP contribution in [0.5, 0.6) is 0 Å². The van der Waals surface area contributed by atoms with Crippen LogP contribution in [0.3, 0.4) is 0 Å². The van der Waals surface area contributed by atoms with Crippen molar-refractivity contribution >= 4 is 31.5 Å². The van der Waals surface area contributed by atoms with E-state index in [4.69, 9.17) is 9.97 Å². The molecule has 0 saturated carbocycles. The van der Waals surface area contributed by atoms with Crippen LogP contribution in [0.1, 0.15) is 25.0 Å². The smallest absolute Gasteiger partial charge is 0.160 e. The van der Waals surface area contributed by atoms with Gasteiger partial charge in [-0.1, -0.05) is 178 Å². The lowest BCUT2D eigenvalue weighted by Crippen LogP contribution is -2.14. The molecule has 0 atom stereocenters. The summed E-state index contributed by atoms with van der Waals surface area (Å²) in [7, 11) is 0. The van der Waals surface area contributed by atoms with E-state index in [-0.39, 0.29) is 5.41 Å². The third-order valence-electron chi connectivity index (χ3n) is 13.0. The lowest BCUT2D eigenvalue weighted by molar-refractivity contribution is 0.660. The highest BCUT2D eigenvalue weighted by atomic mass is 32.1. The molecule has 64 heavy (non-hydrogen) atoms. The minimum Gasteiger partial charge on any atom is -0.264 e. The van der Waals surface area contributed by atoms with E-state index in [1.807, 2.05) is 35.9 Å². The second kappa shape index (κ2) is 15.2. The SMILES string of the molecule is CC1(C)c2ccccc2-c2c1ccc(-c1ccccc1-c1cc(-c3cc(-c4ccccc4)cc(-c4cccc5c4sc4ccccc45)c3)nc(-c3ccccc3)n1)c2-c1cccnc1. The van der Waals surface area contributed by atoms with Crippen LogP contribution in [0.15, 0.2) is 213 Å². The Labute approximate surface area is 377 Å². The van der Waals surface area contributed by atoms with Gasteiger partial charge in [-0.2, -0.15) is 0 Å². The summed E-state index contributed by atoms with van der Waals surface area (Å²) in [4.78, 5) is 15.5. The second-order valence-corrected chi connectivity index (χ2v) is 18.2. The molecule has 8 aromatic carbocycles. The van der Waals surface area contributed by atoms with E-state index in [1.54, 1.807) is 0 Å². The summed E-state index contributed by atoms with van der Waals surface area (Å²) in [5.74, 6) is 0.679. The first kappa shape index (κ1) is 37.9. The molecule has 11 aromatic rings. The summed E-state index contributed by atoms with van der Waals surface area (Å²) in [6.45, 7) is 4.68. The molecule has 0 fully saturated rings. The minimum absolute atomic E-state index is 0.150. The van der Waals surface area contributed by atoms with E-state index in [0.717, 1.165) is 61.5 Å². The summed E-state index contributed by atoms with van der Waals surface area (Å²) in [6.07, 6.45) is 3.86. The average molecular weight is 836 g/mol. The zero-order chi connectivity index (χ0) is 42.8. The number of thiophene rings is 1. The number of rotatable bonds is 7. The summed E-state index contributed by atoms with van der Waals surface area (Å²) in [5, 5.41) is 2.57. The van der Waals surface area contributed by atoms with Gasteiger partial charge in [-0.3, -0.25) is 4.98 Å². The van der Waals surface area contributed by atoms with Crippen molar-refractivity contribution in [2.24, 2.45) is 0 Å². The number of benzene rings is 8. The van der Waals surface area contributed by atoms with Gasteiger partial charge >= 0.3 is 0 Å². The van der Waals surface area contributed by atoms with Gasteiger partial charge in [-0.15, -0.1) is 11.3 Å². The van der Waals surface area contributed by atoms with Crippen molar-refractivity contribution in [1.82, 2.24) is 15.0 Å². The molecule has 3 nitrogen and oxygen atoms in total. The second-order valence-electron chi connectivity index (χ2n) is 17.1. The van der Waals surface area contributed by atoms with Crippen molar-refractivity contribution in [2.45, 2.75) is 19.3 Å². The maximum atomic E-state index is 5.42. The lowest BCUT2D eigenvalue weighted by atomic mass is 9.80. The van der Waals surface area contributed by atoms with Gasteiger partial charge in [0.2, 0.25) is 0 Å². The van der Waals surface area contributed by atoms with Gasteiger partial charge in [0, 0.05) is 60.2 Å². The van der Waals surface area contributed by atoms with Crippen LogP contribution in [-0.2, 0) is 5.41 Å². The Morgan fingerprint density at radius 3 is 1.84 bits per heavy atom. The molecule has 0 N–H and O–H groups in total. The fourth-order valence-corrected chi connectivity index (χ4v) is 11.2. The Morgan fingerprint density at radius 1 is 0.391 bits per heavy atom. The summed E-state index contributed by atoms with van der Waals surface area (Å²) >= 11 is 1.86. The quantitative estimate of drug-likeness (QED) is 0.161. The number of hydrogen-bond donors (Lipinski definition) is 0. The highest BCUT2D eigenvalue weighted by Gasteiger charge is 2.38. The summed E-state index contributed by atoms with van der Waals surface area (Å²) < 4.78 is 2.57. The first-order valence-corrected chi connectivity index (χ1v) is 22.6. The highest BCUT2D eigenvalue weighted by Crippen LogP contribution is 2.55. The monoisotopic (exact) mass is 835 g/mol. The lowest BCUT2D eigenvalue weighted by Gasteiger charge is -2.23. The van der Waals surface area contributed by atoms with Crippen LogP contribution in [0.25, 0.3) is 110 Å². The third kappa shape index (κ3) is 6.29. The van der Waals surface area contributed by atoms with Gasteiger partial charge < -0.3 is 0 Å². The molecule has 12 rings (SSSR count). The van der Waals surface area contributed by atoms with Crippen molar-refractivity contribution in [2.75, 3.05) is 0 Å². The van der Waals surface area contributed by atoms with Crippen molar-refractivity contribution in [3.05, 3.63) is 224 Å². The standard InChI is InChI=1S/C60H41N3S/c1-60(2)51-28-13-11-25-50(51)57-52(60)31-30-48(56(57)40-21-16-32-61-37-40)45-22-9-10-23-46(45)54-36-53(62-59(63-54)39-19-7-4-8-20-39)43-34-41(38-17-5-3-6-18-38)33-42(35-43)44-26-15-27-49-47-24-12-14-29-55(47)64-58(44)49/h3-37H,1-2H3. The Morgan fingerprint density at radius 2 is 1.03 bits per heavy atom. The minimum atomic E-state index is -0.150. The average Bonchev–Trinajstić information content (AvgIpc) is 3.86. The van der Waals surface area contributed by atoms with Crippen LogP contribution in [-0.4, -0.2) is 15.0 Å². The molecule has 4 heteroatoms. The molecule has 0 bridgehead atoms. The Hall–Kier alpha value is -7.79. The zero-order valence-corrected chi connectivity index (χ0v) is 36.3. The predicted octanol–water partition coefficient (Wildman–Crippen LogP) is 16.2. The fourth-order valence-electron chi connectivity index (χ4n) is 9.92. The van der Waals surface area contributed by atoms with Crippen molar-refractivity contribution in [1.29, 1.82) is 0 Å². The Kier molecular flexibility index (Phi) is 9.03. The predicted molar refractivity (Wildman–Crippen MR) is 268 cm³/mol. The molecule has 0 radical (unpaired) electrons. The fraction of sp³-hybridized carbons (Fsp3) is 0.0500. The number of hydrogen-bond acceptors (Lipinski definition) is 4. The first-order chi connectivity index (χ1) is 31.5. The number of nitrogens with zero attached hydrogens (tertiary/aromatic N) is 3. The largest absolute Gasteiger partial charge is 0.264 e. The molecular weight excluding hydrogens is 795 g/mol. The van der Waals surface area contributed by atoms with Crippen LogP contribution in [0.4, 0.5) is 0 Å². The number of aromatic nitrogens is 3. The van der Waals surface area contributed by atoms with E-state index in [0.29, 0.717) is 5.82 Å². The van der Waals surface area contributed by atoms with Gasteiger partial charge in [0.05, 0.1) is 11.4 Å². The molecule has 0 aliphatic heterocycles. The van der Waals surface area contributed by atoms with E-state index < -0.39 is 0 Å². The number of fused-ring (bicyclic) bond motifs is 6. The molecule has 3 aromatic heterocycles. The number of pyridine rings is 1. The molecule has 0 amide bonds. The van der Waals surface area contributed by atoms with Gasteiger partial charge in [-0.25, -0.2) is 9.97 Å². The molecule has 0 saturated heterocycles. The maximum Gasteiger partial charge on any atom is 0.160 e. The topological polar surface area (TPSA) is 38.7 Å². The first-order valence-electron chi connectivity index (χ1n) is 21.8. The summed E-state index contributed by atoms with van der Waals surface area (Å²) in [6, 6.07) is 72.1. The van der Waals surface area contributed by atoms with Gasteiger partial charge in [0.1, 0.15) is 0 Å². The normalized spacial score (nSPS) is 12.7. The van der Waals surface area contributed by atoms with E-state index in [1.165, 1.54) is 53.6 Å². The third-order valence-corrected chi connectivity index (χ3v) is 14.2. The van der Waals surface area contributed by atoms with Crippen LogP contribution in [0, 0.1) is 0 Å². The molecule has 302 valence electrons. The van der Waals surface area contributed by atoms with Gasteiger partial charge in [0.25, 0.3) is 0 Å². The molecule has 0 unspecified atom stereocenters. The van der Waals surface area contributed by atoms with Crippen LogP contribution >= 0.6 is 11.3 Å². The molecule has 1 aliphatic carbocycles. The van der Waals surface area contributed by atoms with E-state index in [2.05, 4.69) is 207 Å². The Bertz CT molecular complexity index is 3570. The maximum absolute atomic E-state index is 5.42. The Balaban J connectivity index is 1.10. The zero-order valence-electron chi connectivity index (χ0n) is 35.5. The molecule has 0 spiro atoms. The van der Waals surface area contributed by atoms with Crippen LogP contribution < -0.4 is 0 Å². The van der Waals surface area contributed by atoms with E-state index in [9.17, 15) is 0 Å². The summed E-state index contributed by atoms with van der Waals surface area (Å²) in [5.41, 5.74) is 19.0. The molecule has 1 aliphatic rings. The van der Waals surface area contributed by atoms with Crippen molar-refractivity contribution < 1.29 is 0 Å². The van der Waals surface area contributed by atoms with Crippen molar-refractivity contribution in [3.8, 4) is 89.5 Å². The van der Waals surface area contributed by atoms with Crippen LogP contribution in [0.2, 0.25) is 0 Å². The van der Waals surface area contributed by atoms with Gasteiger partial charge in [-0.05, 0) is 97.6 Å². The molecule has 3 heterocycles. The molecular formula is C60H41N3S. The van der Waals surface area contributed by atoms with Crippen molar-refractivity contribution in [3.63, 3.8) is 0 Å². The highest BCUT2D eigenvalue weighted by molar-refractivity contribution is 7.26. The van der Waals surface area contributed by atoms with Gasteiger partial charge in [0.15, 0.2) is 5.82 Å². The van der Waals surface area contributed by atoms with E-state index >= 15 is 0 Å².